The second-order valence-corrected chi connectivity index (χ2v) is 5.09. The Morgan fingerprint density at radius 3 is 3.00 bits per heavy atom. The zero-order valence-corrected chi connectivity index (χ0v) is 11.3. The van der Waals surface area contributed by atoms with Crippen LogP contribution in [0.2, 0.25) is 0 Å². The number of ether oxygens (including phenoxy) is 1. The molecule has 1 saturated heterocycles. The van der Waals surface area contributed by atoms with Gasteiger partial charge >= 0.3 is 7.12 Å². The molecule has 104 valence electrons. The van der Waals surface area contributed by atoms with E-state index in [2.05, 4.69) is 16.9 Å². The molecule has 0 aromatic carbocycles. The van der Waals surface area contributed by atoms with Crippen molar-refractivity contribution in [2.75, 3.05) is 20.2 Å². The summed E-state index contributed by atoms with van der Waals surface area (Å²) in [7, 11) is 0.661. The Bertz CT molecular complexity index is 403. The van der Waals surface area contributed by atoms with E-state index < -0.39 is 7.12 Å². The first-order chi connectivity index (χ1) is 9.16. The van der Waals surface area contributed by atoms with Crippen molar-refractivity contribution in [2.24, 2.45) is 0 Å². The quantitative estimate of drug-likeness (QED) is 0.734. The van der Waals surface area contributed by atoms with Gasteiger partial charge in [0.25, 0.3) is 0 Å². The molecule has 0 radical (unpaired) electrons. The molecule has 0 bridgehead atoms. The van der Waals surface area contributed by atoms with E-state index in [1.807, 2.05) is 0 Å². The van der Waals surface area contributed by atoms with Crippen LogP contribution in [0.5, 0.6) is 5.75 Å². The Hall–Kier alpha value is -1.11. The number of rotatable bonds is 5. The maximum absolute atomic E-state index is 9.07. The smallest absolute Gasteiger partial charge is 0.490 e. The molecule has 5 nitrogen and oxygen atoms in total. The summed E-state index contributed by atoms with van der Waals surface area (Å²) in [5.74, 6) is 0.587. The second-order valence-electron chi connectivity index (χ2n) is 5.09. The van der Waals surface area contributed by atoms with Crippen LogP contribution in [0.15, 0.2) is 18.5 Å². The molecule has 0 aliphatic carbocycles. The molecule has 6 heteroatoms. The van der Waals surface area contributed by atoms with Crippen molar-refractivity contribution >= 4 is 12.6 Å². The van der Waals surface area contributed by atoms with E-state index in [0.29, 0.717) is 23.9 Å². The van der Waals surface area contributed by atoms with Crippen molar-refractivity contribution < 1.29 is 14.8 Å². The fraction of sp³-hybridized carbons (Fsp3) is 0.615. The Morgan fingerprint density at radius 2 is 2.26 bits per heavy atom. The lowest BCUT2D eigenvalue weighted by molar-refractivity contribution is 0.153. The van der Waals surface area contributed by atoms with Crippen LogP contribution in [0, 0.1) is 0 Å². The monoisotopic (exact) mass is 264 g/mol. The average molecular weight is 264 g/mol. The molecule has 0 spiro atoms. The highest BCUT2D eigenvalue weighted by Crippen LogP contribution is 2.18. The van der Waals surface area contributed by atoms with Crippen molar-refractivity contribution in [1.29, 1.82) is 0 Å². The molecule has 1 aliphatic rings. The van der Waals surface area contributed by atoms with E-state index in [0.717, 1.165) is 6.42 Å². The van der Waals surface area contributed by atoms with Crippen molar-refractivity contribution in [3.8, 4) is 5.75 Å². The average Bonchev–Trinajstić information content (AvgIpc) is 2.41. The fourth-order valence-electron chi connectivity index (χ4n) is 2.48. The van der Waals surface area contributed by atoms with Gasteiger partial charge < -0.3 is 19.7 Å². The Balaban J connectivity index is 1.80. The first-order valence-electron chi connectivity index (χ1n) is 6.81. The summed E-state index contributed by atoms with van der Waals surface area (Å²) in [6, 6.07) is 2.20. The van der Waals surface area contributed by atoms with Crippen LogP contribution in [0.1, 0.15) is 25.7 Å². The zero-order valence-electron chi connectivity index (χ0n) is 11.3. The minimum atomic E-state index is -1.50. The number of nitrogens with zero attached hydrogens (tertiary/aromatic N) is 2. The van der Waals surface area contributed by atoms with Crippen molar-refractivity contribution in [3.05, 3.63) is 18.5 Å². The van der Waals surface area contributed by atoms with Crippen LogP contribution in [0.25, 0.3) is 0 Å². The second kappa shape index (κ2) is 6.89. The first-order valence-corrected chi connectivity index (χ1v) is 6.81. The molecule has 0 amide bonds. The molecule has 2 heterocycles. The summed E-state index contributed by atoms with van der Waals surface area (Å²) >= 11 is 0. The van der Waals surface area contributed by atoms with E-state index in [1.165, 1.54) is 32.0 Å². The van der Waals surface area contributed by atoms with Gasteiger partial charge in [-0.05, 0) is 38.9 Å². The molecule has 0 saturated carbocycles. The molecular formula is C13H21BN2O3. The third-order valence-corrected chi connectivity index (χ3v) is 3.67. The number of piperidine rings is 1. The highest BCUT2D eigenvalue weighted by Gasteiger charge is 2.18. The van der Waals surface area contributed by atoms with Gasteiger partial charge in [-0.2, -0.15) is 0 Å². The van der Waals surface area contributed by atoms with E-state index >= 15 is 0 Å². The summed E-state index contributed by atoms with van der Waals surface area (Å²) in [6.07, 6.45) is 7.82. The van der Waals surface area contributed by atoms with Gasteiger partial charge in [0.05, 0.1) is 12.8 Å². The van der Waals surface area contributed by atoms with E-state index in [9.17, 15) is 0 Å². The Labute approximate surface area is 114 Å². The van der Waals surface area contributed by atoms with Crippen LogP contribution < -0.4 is 10.2 Å². The number of likely N-dealkylation sites (tertiary alicyclic amines) is 1. The third-order valence-electron chi connectivity index (χ3n) is 3.67. The third kappa shape index (κ3) is 4.19. The molecule has 1 aromatic rings. The van der Waals surface area contributed by atoms with Crippen molar-refractivity contribution in [3.63, 3.8) is 0 Å². The lowest BCUT2D eigenvalue weighted by atomic mass is 9.82. The lowest BCUT2D eigenvalue weighted by Gasteiger charge is -2.32. The molecule has 1 unspecified atom stereocenters. The van der Waals surface area contributed by atoms with Crippen molar-refractivity contribution in [1.82, 2.24) is 9.88 Å². The minimum absolute atomic E-state index is 0.354. The highest BCUT2D eigenvalue weighted by atomic mass is 16.5. The van der Waals surface area contributed by atoms with E-state index in [4.69, 9.17) is 14.8 Å². The minimum Gasteiger partial charge on any atom is -0.492 e. The van der Waals surface area contributed by atoms with Crippen LogP contribution in [-0.2, 0) is 0 Å². The standard InChI is InChI=1S/C13H21BN2O3/c1-16-6-3-2-4-12(16)5-7-19-13-8-11(14(17)18)9-15-10-13/h8-10,12,17-18H,2-7H2,1H3. The molecular weight excluding hydrogens is 243 g/mol. The molecule has 1 atom stereocenters. The normalized spacial score (nSPS) is 20.3. The van der Waals surface area contributed by atoms with Gasteiger partial charge in [-0.3, -0.25) is 4.98 Å². The van der Waals surface area contributed by atoms with Crippen LogP contribution >= 0.6 is 0 Å². The zero-order chi connectivity index (χ0) is 13.7. The van der Waals surface area contributed by atoms with Crippen molar-refractivity contribution in [2.45, 2.75) is 31.7 Å². The molecule has 19 heavy (non-hydrogen) atoms. The molecule has 1 aliphatic heterocycles. The van der Waals surface area contributed by atoms with Gasteiger partial charge in [0.15, 0.2) is 0 Å². The van der Waals surface area contributed by atoms with Gasteiger partial charge in [0.2, 0.25) is 0 Å². The number of hydrogen-bond acceptors (Lipinski definition) is 5. The molecule has 1 fully saturated rings. The summed E-state index contributed by atoms with van der Waals surface area (Å²) in [5.41, 5.74) is 0.354. The van der Waals surface area contributed by atoms with Gasteiger partial charge in [-0.1, -0.05) is 6.42 Å². The van der Waals surface area contributed by atoms with E-state index in [-0.39, 0.29) is 0 Å². The first kappa shape index (κ1) is 14.3. The SMILES string of the molecule is CN1CCCCC1CCOc1cncc(B(O)O)c1. The summed E-state index contributed by atoms with van der Waals surface area (Å²) in [5, 5.41) is 18.1. The topological polar surface area (TPSA) is 65.8 Å². The highest BCUT2D eigenvalue weighted by molar-refractivity contribution is 6.58. The fourth-order valence-corrected chi connectivity index (χ4v) is 2.48. The summed E-state index contributed by atoms with van der Waals surface area (Å²) in [6.45, 7) is 1.79. The van der Waals surface area contributed by atoms with Gasteiger partial charge in [-0.25, -0.2) is 0 Å². The number of aromatic nitrogens is 1. The number of hydrogen-bond donors (Lipinski definition) is 2. The molecule has 2 rings (SSSR count). The van der Waals surface area contributed by atoms with Gasteiger partial charge in [0, 0.05) is 17.7 Å². The predicted molar refractivity (Wildman–Crippen MR) is 74.4 cm³/mol. The van der Waals surface area contributed by atoms with Gasteiger partial charge in [0.1, 0.15) is 5.75 Å². The Kier molecular flexibility index (Phi) is 5.19. The van der Waals surface area contributed by atoms with Gasteiger partial charge in [-0.15, -0.1) is 0 Å². The van der Waals surface area contributed by atoms with Crippen LogP contribution in [0.4, 0.5) is 0 Å². The maximum Gasteiger partial charge on any atom is 0.490 e. The molecule has 2 N–H and O–H groups in total. The number of pyridine rings is 1. The maximum atomic E-state index is 9.07. The Morgan fingerprint density at radius 1 is 1.42 bits per heavy atom. The van der Waals surface area contributed by atoms with Crippen LogP contribution in [0.3, 0.4) is 0 Å². The summed E-state index contributed by atoms with van der Waals surface area (Å²) < 4.78 is 5.64. The van der Waals surface area contributed by atoms with Crippen LogP contribution in [-0.4, -0.2) is 53.3 Å². The molecule has 1 aromatic heterocycles. The lowest BCUT2D eigenvalue weighted by Crippen LogP contribution is -2.37. The predicted octanol–water partition coefficient (Wildman–Crippen LogP) is 0.0146. The van der Waals surface area contributed by atoms with E-state index in [1.54, 1.807) is 12.3 Å². The summed E-state index contributed by atoms with van der Waals surface area (Å²) in [4.78, 5) is 6.32. The largest absolute Gasteiger partial charge is 0.492 e.